The Bertz CT molecular complexity index is 338. The summed E-state index contributed by atoms with van der Waals surface area (Å²) in [6.45, 7) is 5.50. The number of likely N-dealkylation sites (N-methyl/N-ethyl adjacent to an activating group) is 1. The smallest absolute Gasteiger partial charge is 0.0632 e. The minimum atomic E-state index is 0.461. The lowest BCUT2D eigenvalue weighted by molar-refractivity contribution is 0.367. The normalized spacial score (nSPS) is 23.8. The molecule has 0 aliphatic carbocycles. The van der Waals surface area contributed by atoms with E-state index in [9.17, 15) is 0 Å². The van der Waals surface area contributed by atoms with E-state index >= 15 is 0 Å². The van der Waals surface area contributed by atoms with Crippen molar-refractivity contribution in [2.45, 2.75) is 32.0 Å². The van der Waals surface area contributed by atoms with Gasteiger partial charge in [0.2, 0.25) is 0 Å². The van der Waals surface area contributed by atoms with Crippen LogP contribution in [-0.2, 0) is 6.54 Å². The Hall–Kier alpha value is -0.390. The Balaban J connectivity index is 1.78. The van der Waals surface area contributed by atoms with Crippen molar-refractivity contribution in [1.29, 1.82) is 0 Å². The van der Waals surface area contributed by atoms with E-state index in [4.69, 9.17) is 0 Å². The summed E-state index contributed by atoms with van der Waals surface area (Å²) in [5, 5.41) is 7.91. The van der Waals surface area contributed by atoms with Gasteiger partial charge in [-0.2, -0.15) is 5.10 Å². The lowest BCUT2D eigenvalue weighted by Crippen LogP contribution is -2.40. The largest absolute Gasteiger partial charge is 0.308 e. The molecule has 0 spiro atoms. The average Bonchev–Trinajstić information content (AvgIpc) is 2.76. The monoisotopic (exact) mass is 286 g/mol. The maximum Gasteiger partial charge on any atom is 0.0632 e. The second-order valence-electron chi connectivity index (χ2n) is 4.70. The molecule has 2 heterocycles. The van der Waals surface area contributed by atoms with E-state index in [1.165, 1.54) is 13.0 Å². The Morgan fingerprint density at radius 2 is 2.50 bits per heavy atom. The molecule has 1 aliphatic heterocycles. The van der Waals surface area contributed by atoms with Gasteiger partial charge >= 0.3 is 0 Å². The van der Waals surface area contributed by atoms with E-state index < -0.39 is 0 Å². The molecule has 0 saturated carbocycles. The molecule has 0 bridgehead atoms. The van der Waals surface area contributed by atoms with E-state index in [2.05, 4.69) is 45.2 Å². The average molecular weight is 287 g/mol. The number of aromatic nitrogens is 2. The topological polar surface area (TPSA) is 33.1 Å². The van der Waals surface area contributed by atoms with Crippen molar-refractivity contribution in [3.63, 3.8) is 0 Å². The Morgan fingerprint density at radius 1 is 1.69 bits per heavy atom. The van der Waals surface area contributed by atoms with Crippen LogP contribution in [0.15, 0.2) is 16.9 Å². The molecular weight excluding hydrogens is 268 g/mol. The van der Waals surface area contributed by atoms with Crippen LogP contribution in [0.2, 0.25) is 0 Å². The number of hydrogen-bond acceptors (Lipinski definition) is 3. The minimum absolute atomic E-state index is 0.461. The lowest BCUT2D eigenvalue weighted by Gasteiger charge is -2.19. The van der Waals surface area contributed by atoms with Gasteiger partial charge in [-0.25, -0.2) is 0 Å². The van der Waals surface area contributed by atoms with Crippen LogP contribution >= 0.6 is 15.9 Å². The first-order valence-corrected chi connectivity index (χ1v) is 6.55. The quantitative estimate of drug-likeness (QED) is 0.907. The van der Waals surface area contributed by atoms with Crippen LogP contribution in [0.3, 0.4) is 0 Å². The summed E-state index contributed by atoms with van der Waals surface area (Å²) >= 11 is 3.41. The van der Waals surface area contributed by atoms with Crippen LogP contribution in [0.1, 0.15) is 13.3 Å². The summed E-state index contributed by atoms with van der Waals surface area (Å²) in [5.41, 5.74) is 0. The minimum Gasteiger partial charge on any atom is -0.308 e. The maximum absolute atomic E-state index is 4.26. The first kappa shape index (κ1) is 12.1. The molecule has 1 aromatic heterocycles. The number of hydrogen-bond donors (Lipinski definition) is 1. The van der Waals surface area contributed by atoms with E-state index in [-0.39, 0.29) is 0 Å². The van der Waals surface area contributed by atoms with Crippen molar-refractivity contribution >= 4 is 15.9 Å². The van der Waals surface area contributed by atoms with Crippen molar-refractivity contribution in [2.75, 3.05) is 20.1 Å². The summed E-state index contributed by atoms with van der Waals surface area (Å²) in [7, 11) is 2.18. The van der Waals surface area contributed by atoms with E-state index in [0.717, 1.165) is 17.6 Å². The van der Waals surface area contributed by atoms with Crippen molar-refractivity contribution in [2.24, 2.45) is 0 Å². The van der Waals surface area contributed by atoms with E-state index in [1.807, 2.05) is 17.1 Å². The molecule has 0 radical (unpaired) electrons. The SMILES string of the molecule is CC(Cn1cc(Br)cn1)NC1CCN(C)C1. The van der Waals surface area contributed by atoms with Gasteiger partial charge in [0.05, 0.1) is 17.2 Å². The Morgan fingerprint density at radius 3 is 3.06 bits per heavy atom. The number of nitrogens with zero attached hydrogens (tertiary/aromatic N) is 3. The van der Waals surface area contributed by atoms with Gasteiger partial charge in [0.25, 0.3) is 0 Å². The van der Waals surface area contributed by atoms with Gasteiger partial charge in [-0.1, -0.05) is 0 Å². The zero-order valence-corrected chi connectivity index (χ0v) is 11.4. The molecule has 1 N–H and O–H groups in total. The van der Waals surface area contributed by atoms with E-state index in [0.29, 0.717) is 12.1 Å². The van der Waals surface area contributed by atoms with Gasteiger partial charge in [0.1, 0.15) is 0 Å². The molecule has 5 heteroatoms. The second kappa shape index (κ2) is 5.29. The van der Waals surface area contributed by atoms with E-state index in [1.54, 1.807) is 0 Å². The zero-order chi connectivity index (χ0) is 11.5. The van der Waals surface area contributed by atoms with Crippen LogP contribution in [-0.4, -0.2) is 46.9 Å². The van der Waals surface area contributed by atoms with Crippen LogP contribution < -0.4 is 5.32 Å². The fourth-order valence-electron chi connectivity index (χ4n) is 2.24. The molecule has 90 valence electrons. The Kier molecular flexibility index (Phi) is 4.00. The highest BCUT2D eigenvalue weighted by Gasteiger charge is 2.20. The molecule has 2 rings (SSSR count). The van der Waals surface area contributed by atoms with Gasteiger partial charge in [-0.3, -0.25) is 4.68 Å². The van der Waals surface area contributed by atoms with Crippen molar-refractivity contribution < 1.29 is 0 Å². The van der Waals surface area contributed by atoms with Gasteiger partial charge in [-0.15, -0.1) is 0 Å². The number of halogens is 1. The Labute approximate surface area is 105 Å². The van der Waals surface area contributed by atoms with Crippen molar-refractivity contribution in [3.05, 3.63) is 16.9 Å². The third-order valence-electron chi connectivity index (χ3n) is 2.97. The molecule has 2 unspecified atom stereocenters. The van der Waals surface area contributed by atoms with Gasteiger partial charge < -0.3 is 10.2 Å². The van der Waals surface area contributed by atoms with Crippen LogP contribution in [0.4, 0.5) is 0 Å². The molecule has 4 nitrogen and oxygen atoms in total. The third kappa shape index (κ3) is 3.30. The highest BCUT2D eigenvalue weighted by atomic mass is 79.9. The molecule has 16 heavy (non-hydrogen) atoms. The predicted molar refractivity (Wildman–Crippen MR) is 68.4 cm³/mol. The molecule has 0 amide bonds. The first-order chi connectivity index (χ1) is 7.63. The highest BCUT2D eigenvalue weighted by molar-refractivity contribution is 9.10. The number of rotatable bonds is 4. The lowest BCUT2D eigenvalue weighted by atomic mass is 10.2. The fourth-order valence-corrected chi connectivity index (χ4v) is 2.57. The first-order valence-electron chi connectivity index (χ1n) is 5.76. The highest BCUT2D eigenvalue weighted by Crippen LogP contribution is 2.09. The number of nitrogens with one attached hydrogen (secondary N) is 1. The molecule has 1 saturated heterocycles. The maximum atomic E-state index is 4.26. The molecule has 2 atom stereocenters. The van der Waals surface area contributed by atoms with Crippen LogP contribution in [0, 0.1) is 0 Å². The molecular formula is C11H19BrN4. The summed E-state index contributed by atoms with van der Waals surface area (Å²) in [6.07, 6.45) is 5.10. The molecule has 1 aromatic rings. The third-order valence-corrected chi connectivity index (χ3v) is 3.38. The summed E-state index contributed by atoms with van der Waals surface area (Å²) in [6, 6.07) is 1.10. The summed E-state index contributed by atoms with van der Waals surface area (Å²) in [5.74, 6) is 0. The second-order valence-corrected chi connectivity index (χ2v) is 5.61. The molecule has 1 fully saturated rings. The van der Waals surface area contributed by atoms with Crippen LogP contribution in [0.5, 0.6) is 0 Å². The van der Waals surface area contributed by atoms with Gasteiger partial charge in [0.15, 0.2) is 0 Å². The van der Waals surface area contributed by atoms with Gasteiger partial charge in [0, 0.05) is 24.8 Å². The number of likely N-dealkylation sites (tertiary alicyclic amines) is 1. The summed E-state index contributed by atoms with van der Waals surface area (Å²) < 4.78 is 3.01. The predicted octanol–water partition coefficient (Wildman–Crippen LogP) is 1.33. The molecule has 0 aromatic carbocycles. The zero-order valence-electron chi connectivity index (χ0n) is 9.86. The fraction of sp³-hybridized carbons (Fsp3) is 0.727. The standard InChI is InChI=1S/C11H19BrN4/c1-9(6-16-7-10(12)5-13-16)14-11-3-4-15(2)8-11/h5,7,9,11,14H,3-4,6,8H2,1-2H3. The van der Waals surface area contributed by atoms with Gasteiger partial charge in [-0.05, 0) is 42.9 Å². The molecule has 1 aliphatic rings. The van der Waals surface area contributed by atoms with Crippen molar-refractivity contribution in [3.8, 4) is 0 Å². The van der Waals surface area contributed by atoms with Crippen molar-refractivity contribution in [1.82, 2.24) is 20.0 Å². The van der Waals surface area contributed by atoms with Crippen LogP contribution in [0.25, 0.3) is 0 Å². The summed E-state index contributed by atoms with van der Waals surface area (Å²) in [4.78, 5) is 2.37.